The first kappa shape index (κ1) is 45.5. The molecule has 2 fully saturated rings. The molecule has 4 aliphatic rings. The minimum Gasteiger partial charge on any atom is -0.508 e. The molecule has 2 N–H and O–H groups in total. The number of fused-ring (bicyclic) bond motifs is 4. The van der Waals surface area contributed by atoms with Crippen LogP contribution in [0, 0.1) is 50.4 Å². The van der Waals surface area contributed by atoms with Crippen molar-refractivity contribution in [3.8, 4) is 11.5 Å². The van der Waals surface area contributed by atoms with E-state index in [1.807, 2.05) is 38.1 Å². The Balaban J connectivity index is 0.000000161. The van der Waals surface area contributed by atoms with Crippen molar-refractivity contribution in [3.05, 3.63) is 141 Å². The van der Waals surface area contributed by atoms with Crippen molar-refractivity contribution < 1.29 is 33.5 Å². The van der Waals surface area contributed by atoms with Gasteiger partial charge in [-0.05, 0) is 72.6 Å². The molecule has 2 saturated carbocycles. The molecule has 0 heterocycles. The summed E-state index contributed by atoms with van der Waals surface area (Å²) in [6, 6.07) is 29.0. The van der Waals surface area contributed by atoms with Gasteiger partial charge in [-0.25, -0.2) is 24.0 Å². The van der Waals surface area contributed by atoms with Crippen molar-refractivity contribution >= 4 is 28.7 Å². The van der Waals surface area contributed by atoms with Crippen molar-refractivity contribution in [2.75, 3.05) is 0 Å². The molecule has 4 atom stereocenters. The van der Waals surface area contributed by atoms with Crippen LogP contribution in [0.15, 0.2) is 84.9 Å². The molecule has 0 spiro atoms. The molecule has 56 heavy (non-hydrogen) atoms. The maximum absolute atomic E-state index is 9.57. The van der Waals surface area contributed by atoms with E-state index in [0.29, 0.717) is 11.5 Å². The zero-order valence-corrected chi connectivity index (χ0v) is 39.9. The number of benzene rings is 4. The Bertz CT molecular complexity index is 2060. The number of hydrogen-bond donors (Lipinski definition) is 2. The third-order valence-electron chi connectivity index (χ3n) is 10.8. The van der Waals surface area contributed by atoms with Crippen molar-refractivity contribution in [2.45, 2.75) is 119 Å². The molecule has 0 aliphatic heterocycles. The van der Waals surface area contributed by atoms with Crippen LogP contribution in [-0.4, -0.2) is 15.6 Å². The van der Waals surface area contributed by atoms with Gasteiger partial charge in [-0.2, -0.15) is 10.4 Å². The van der Waals surface area contributed by atoms with Crippen LogP contribution in [0.4, 0.5) is 0 Å². The molecule has 8 rings (SSSR count). The van der Waals surface area contributed by atoms with Gasteiger partial charge >= 0.3 is 41.9 Å². The van der Waals surface area contributed by atoms with Gasteiger partial charge in [-0.1, -0.05) is 164 Å². The number of aryl methyl sites for hydroxylation is 2. The summed E-state index contributed by atoms with van der Waals surface area (Å²) in [5.41, 5.74) is 7.89. The van der Waals surface area contributed by atoms with Crippen LogP contribution in [0.1, 0.15) is 103 Å². The molecule has 4 aliphatic carbocycles. The second kappa shape index (κ2) is 20.0. The minimum absolute atomic E-state index is 0.0239. The predicted molar refractivity (Wildman–Crippen MR) is 240 cm³/mol. The van der Waals surface area contributed by atoms with Gasteiger partial charge in [0.15, 0.2) is 0 Å². The zero-order valence-electron chi connectivity index (χ0n) is 36.4. The second-order valence-corrected chi connectivity index (χ2v) is 28.0. The molecule has 0 aromatic heterocycles. The van der Waals surface area contributed by atoms with Crippen molar-refractivity contribution in [3.63, 3.8) is 0 Å². The van der Waals surface area contributed by atoms with E-state index in [1.54, 1.807) is 46.6 Å². The number of aromatic hydroxyl groups is 2. The normalized spacial score (nSPS) is 19.9. The van der Waals surface area contributed by atoms with Crippen LogP contribution in [0.3, 0.4) is 0 Å². The van der Waals surface area contributed by atoms with Gasteiger partial charge in [-0.3, -0.25) is 0 Å². The summed E-state index contributed by atoms with van der Waals surface area (Å²) < 4.78 is 0. The Kier molecular flexibility index (Phi) is 16.2. The Labute approximate surface area is 355 Å². The molecule has 0 radical (unpaired) electrons. The molecular formula is C52H68O2SiZr. The largest absolute Gasteiger partial charge is 0.508 e. The monoisotopic (exact) mass is 842 g/mol. The molecule has 4 unspecified atom stereocenters. The van der Waals surface area contributed by atoms with E-state index < -0.39 is 0 Å². The number of hydrogen-bond acceptors (Lipinski definition) is 2. The van der Waals surface area contributed by atoms with Crippen LogP contribution >= 0.6 is 0 Å². The summed E-state index contributed by atoms with van der Waals surface area (Å²) in [6.07, 6.45) is 14.9. The quantitative estimate of drug-likeness (QED) is 0.137. The van der Waals surface area contributed by atoms with E-state index in [0.717, 1.165) is 34.8 Å². The summed E-state index contributed by atoms with van der Waals surface area (Å²) in [4.78, 5) is 0. The average molecular weight is 844 g/mol. The number of phenols is 2. The first-order valence-electron chi connectivity index (χ1n) is 20.6. The summed E-state index contributed by atoms with van der Waals surface area (Å²) in [5.74, 6) is 3.95. The fourth-order valence-corrected chi connectivity index (χ4v) is 8.15. The van der Waals surface area contributed by atoms with Crippen LogP contribution in [0.25, 0.3) is 23.3 Å². The Hall–Kier alpha value is -3.20. The van der Waals surface area contributed by atoms with Crippen LogP contribution in [0.2, 0.25) is 13.1 Å². The minimum atomic E-state index is 0.0239. The first-order valence-corrected chi connectivity index (χ1v) is 26.8. The molecule has 4 heteroatoms. The van der Waals surface area contributed by atoms with Crippen molar-refractivity contribution in [2.24, 2.45) is 23.7 Å². The number of rotatable bonds is 0. The maximum atomic E-state index is 9.57. The average Bonchev–Trinajstić information content (AvgIpc) is 3.71. The third-order valence-corrected chi connectivity index (χ3v) is 10.8. The van der Waals surface area contributed by atoms with Gasteiger partial charge in [0.05, 0.1) is 0 Å². The van der Waals surface area contributed by atoms with Crippen molar-refractivity contribution in [1.82, 2.24) is 0 Å². The van der Waals surface area contributed by atoms with E-state index in [4.69, 9.17) is 0 Å². The standard InChI is InChI=1S/2C14H15.2C11H16O.C2H6Si.Zr/c2*1-10-8-12-7-6-11-4-2-3-5-13(11)14(12)9-10;2*1-8-5-6-10(12)9(7-8)11(2,3)4;1-3-2;/h2*2-6,9-10,12H,7-8H2,1H3;2*5-7,12H,1-4H3;1-2H3;/q2*-1;;;;+2. The van der Waals surface area contributed by atoms with E-state index in [9.17, 15) is 10.2 Å². The fourth-order valence-electron chi connectivity index (χ4n) is 8.15. The van der Waals surface area contributed by atoms with Gasteiger partial charge in [-0.15, -0.1) is 22.6 Å². The fraction of sp³-hybridized carbons (Fsp3) is 0.423. The van der Waals surface area contributed by atoms with Gasteiger partial charge in [0.25, 0.3) is 0 Å². The SMILES string of the molecule is CC1[CH-]C2=c3ccccc3=CCC2C1.CC1[CH-]C2=c3ccccc3=CCC2C1.C[Si](C)=[Zr+2].Cc1ccc(O)c(C(C)(C)C)c1.Cc1ccc(O)c(C(C)(C)C)c1. The smallest absolute Gasteiger partial charge is 0.119 e. The van der Waals surface area contributed by atoms with Gasteiger partial charge in [0, 0.05) is 0 Å². The van der Waals surface area contributed by atoms with E-state index in [2.05, 4.69) is 142 Å². The topological polar surface area (TPSA) is 40.5 Å². The summed E-state index contributed by atoms with van der Waals surface area (Å²) in [5, 5.41) is 25.0. The zero-order chi connectivity index (χ0) is 41.4. The molecule has 0 amide bonds. The van der Waals surface area contributed by atoms with E-state index in [1.165, 1.54) is 57.7 Å². The molecule has 4 aromatic carbocycles. The molecule has 0 bridgehead atoms. The molecule has 296 valence electrons. The van der Waals surface area contributed by atoms with Crippen LogP contribution in [-0.2, 0) is 34.2 Å². The van der Waals surface area contributed by atoms with Crippen LogP contribution in [0.5, 0.6) is 11.5 Å². The summed E-state index contributed by atoms with van der Waals surface area (Å²) >= 11 is 1.74. The molecule has 2 nitrogen and oxygen atoms in total. The summed E-state index contributed by atoms with van der Waals surface area (Å²) in [7, 11) is 0. The second-order valence-electron chi connectivity index (χ2n) is 18.7. The van der Waals surface area contributed by atoms with Crippen LogP contribution < -0.4 is 20.9 Å². The van der Waals surface area contributed by atoms with Gasteiger partial charge < -0.3 is 10.2 Å². The third kappa shape index (κ3) is 12.9. The predicted octanol–water partition coefficient (Wildman–Crippen LogP) is 10.5. The van der Waals surface area contributed by atoms with Gasteiger partial charge in [0.2, 0.25) is 0 Å². The van der Waals surface area contributed by atoms with E-state index in [-0.39, 0.29) is 16.3 Å². The van der Waals surface area contributed by atoms with Crippen molar-refractivity contribution in [1.29, 1.82) is 0 Å². The molecule has 4 aromatic rings. The maximum Gasteiger partial charge on any atom is 0.119 e. The Morgan fingerprint density at radius 3 is 1.25 bits per heavy atom. The Morgan fingerprint density at radius 1 is 0.589 bits per heavy atom. The molecule has 0 saturated heterocycles. The molecular weight excluding hydrogens is 776 g/mol. The Morgan fingerprint density at radius 2 is 0.929 bits per heavy atom. The van der Waals surface area contributed by atoms with E-state index >= 15 is 0 Å². The van der Waals surface area contributed by atoms with Gasteiger partial charge in [0.1, 0.15) is 11.5 Å². The first-order chi connectivity index (χ1) is 26.2. The summed E-state index contributed by atoms with van der Waals surface area (Å²) in [6.45, 7) is 25.9. The number of phenolic OH excluding ortho intramolecular Hbond substituents is 2.